The number of aliphatic hydroxyl groups is 1. The lowest BCUT2D eigenvalue weighted by Crippen LogP contribution is -2.15. The van der Waals surface area contributed by atoms with Gasteiger partial charge in [0.25, 0.3) is 0 Å². The molecule has 0 aliphatic heterocycles. The molecule has 0 aliphatic rings. The Morgan fingerprint density at radius 1 is 1.35 bits per heavy atom. The maximum Gasteiger partial charge on any atom is 0.226 e. The summed E-state index contributed by atoms with van der Waals surface area (Å²) in [5.41, 5.74) is 3.49. The van der Waals surface area contributed by atoms with Crippen LogP contribution in [0.4, 0.5) is 5.69 Å². The van der Waals surface area contributed by atoms with Crippen molar-refractivity contribution in [2.75, 3.05) is 5.32 Å². The molecule has 0 fully saturated rings. The van der Waals surface area contributed by atoms with Crippen molar-refractivity contribution in [3.05, 3.63) is 47.3 Å². The van der Waals surface area contributed by atoms with Crippen LogP contribution in [-0.2, 0) is 17.9 Å². The van der Waals surface area contributed by atoms with Gasteiger partial charge in [0.1, 0.15) is 0 Å². The third kappa shape index (κ3) is 3.68. The Morgan fingerprint density at radius 3 is 2.80 bits per heavy atom. The molecule has 0 atom stereocenters. The fourth-order valence-electron chi connectivity index (χ4n) is 2.08. The highest BCUT2D eigenvalue weighted by molar-refractivity contribution is 5.90. The van der Waals surface area contributed by atoms with Gasteiger partial charge in [0, 0.05) is 24.3 Å². The van der Waals surface area contributed by atoms with Crippen molar-refractivity contribution >= 4 is 11.6 Å². The molecule has 5 heteroatoms. The van der Waals surface area contributed by atoms with Crippen molar-refractivity contribution in [3.8, 4) is 0 Å². The molecule has 2 rings (SSSR count). The Morgan fingerprint density at radius 2 is 2.15 bits per heavy atom. The van der Waals surface area contributed by atoms with E-state index >= 15 is 0 Å². The number of nitrogens with one attached hydrogen (secondary N) is 1. The third-order valence-corrected chi connectivity index (χ3v) is 3.05. The predicted molar refractivity (Wildman–Crippen MR) is 77.3 cm³/mol. The van der Waals surface area contributed by atoms with Crippen LogP contribution >= 0.6 is 0 Å². The van der Waals surface area contributed by atoms with Crippen LogP contribution < -0.4 is 5.32 Å². The molecule has 0 spiro atoms. The minimum atomic E-state index is -0.0624. The van der Waals surface area contributed by atoms with Crippen LogP contribution in [0.3, 0.4) is 0 Å². The molecule has 106 valence electrons. The number of hydrogen-bond donors (Lipinski definition) is 2. The molecule has 5 nitrogen and oxygen atoms in total. The van der Waals surface area contributed by atoms with Crippen molar-refractivity contribution in [2.24, 2.45) is 0 Å². The first-order valence-electron chi connectivity index (χ1n) is 6.59. The van der Waals surface area contributed by atoms with Crippen LogP contribution in [0.5, 0.6) is 0 Å². The van der Waals surface area contributed by atoms with Crippen molar-refractivity contribution in [1.29, 1.82) is 0 Å². The summed E-state index contributed by atoms with van der Waals surface area (Å²) in [4.78, 5) is 11.9. The van der Waals surface area contributed by atoms with E-state index in [9.17, 15) is 4.79 Å². The summed E-state index contributed by atoms with van der Waals surface area (Å²) < 4.78 is 1.83. The second-order valence-corrected chi connectivity index (χ2v) is 4.81. The first-order valence-corrected chi connectivity index (χ1v) is 6.59. The summed E-state index contributed by atoms with van der Waals surface area (Å²) in [7, 11) is 0. The molecule has 0 aliphatic carbocycles. The molecule has 0 unspecified atom stereocenters. The Bertz CT molecular complexity index is 605. The fraction of sp³-hybridized carbons (Fsp3) is 0.333. The summed E-state index contributed by atoms with van der Waals surface area (Å²) in [6.45, 7) is 4.44. The average molecular weight is 273 g/mol. The molecule has 1 aromatic heterocycles. The van der Waals surface area contributed by atoms with E-state index in [0.29, 0.717) is 18.7 Å². The molecule has 1 amide bonds. The van der Waals surface area contributed by atoms with Crippen LogP contribution in [0.15, 0.2) is 30.3 Å². The standard InChI is InChI=1S/C15H19N3O2/c1-11-8-12(2)18(17-11)7-6-15(20)16-14-5-3-4-13(9-14)10-19/h3-5,8-9,19H,6-7,10H2,1-2H3,(H,16,20). The van der Waals surface area contributed by atoms with Gasteiger partial charge in [-0.2, -0.15) is 5.10 Å². The molecule has 2 aromatic rings. The smallest absolute Gasteiger partial charge is 0.226 e. The SMILES string of the molecule is Cc1cc(C)n(CCC(=O)Nc2cccc(CO)c2)n1. The van der Waals surface area contributed by atoms with Gasteiger partial charge in [0.2, 0.25) is 5.91 Å². The maximum absolute atomic E-state index is 11.9. The summed E-state index contributed by atoms with van der Waals surface area (Å²) in [6, 6.07) is 9.18. The average Bonchev–Trinajstić information content (AvgIpc) is 2.75. The van der Waals surface area contributed by atoms with E-state index in [4.69, 9.17) is 5.11 Å². The topological polar surface area (TPSA) is 67.2 Å². The number of amides is 1. The summed E-state index contributed by atoms with van der Waals surface area (Å²) in [6.07, 6.45) is 0.366. The Kier molecular flexibility index (Phi) is 4.53. The monoisotopic (exact) mass is 273 g/mol. The maximum atomic E-state index is 11.9. The van der Waals surface area contributed by atoms with Crippen molar-refractivity contribution in [2.45, 2.75) is 33.4 Å². The lowest BCUT2D eigenvalue weighted by Gasteiger charge is -2.07. The van der Waals surface area contributed by atoms with Gasteiger partial charge >= 0.3 is 0 Å². The van der Waals surface area contributed by atoms with E-state index in [1.54, 1.807) is 12.1 Å². The van der Waals surface area contributed by atoms with Gasteiger partial charge in [0.05, 0.1) is 12.3 Å². The molecular formula is C15H19N3O2. The van der Waals surface area contributed by atoms with Gasteiger partial charge in [-0.3, -0.25) is 9.48 Å². The number of aromatic nitrogens is 2. The van der Waals surface area contributed by atoms with Gasteiger partial charge < -0.3 is 10.4 Å². The number of rotatable bonds is 5. The Labute approximate surface area is 118 Å². The normalized spacial score (nSPS) is 10.6. The molecule has 1 aromatic carbocycles. The molecule has 0 saturated heterocycles. The van der Waals surface area contributed by atoms with Gasteiger partial charge in [-0.15, -0.1) is 0 Å². The molecule has 0 radical (unpaired) electrons. The number of benzene rings is 1. The van der Waals surface area contributed by atoms with Crippen LogP contribution in [0.25, 0.3) is 0 Å². The lowest BCUT2D eigenvalue weighted by atomic mass is 10.2. The van der Waals surface area contributed by atoms with Crippen molar-refractivity contribution < 1.29 is 9.90 Å². The van der Waals surface area contributed by atoms with Gasteiger partial charge in [-0.1, -0.05) is 12.1 Å². The van der Waals surface area contributed by atoms with E-state index in [0.717, 1.165) is 17.0 Å². The summed E-state index contributed by atoms with van der Waals surface area (Å²) in [5, 5.41) is 16.2. The number of carbonyl (C=O) groups is 1. The Hall–Kier alpha value is -2.14. The lowest BCUT2D eigenvalue weighted by molar-refractivity contribution is -0.116. The van der Waals surface area contributed by atoms with E-state index < -0.39 is 0 Å². The first kappa shape index (κ1) is 14.3. The molecule has 2 N–H and O–H groups in total. The first-order chi connectivity index (χ1) is 9.58. The van der Waals surface area contributed by atoms with Gasteiger partial charge in [0.15, 0.2) is 0 Å². The van der Waals surface area contributed by atoms with Crippen molar-refractivity contribution in [1.82, 2.24) is 9.78 Å². The fourth-order valence-corrected chi connectivity index (χ4v) is 2.08. The largest absolute Gasteiger partial charge is 0.392 e. The molecular weight excluding hydrogens is 254 g/mol. The van der Waals surface area contributed by atoms with Crippen LogP contribution in [-0.4, -0.2) is 20.8 Å². The zero-order chi connectivity index (χ0) is 14.5. The van der Waals surface area contributed by atoms with Gasteiger partial charge in [-0.05, 0) is 37.6 Å². The third-order valence-electron chi connectivity index (χ3n) is 3.05. The zero-order valence-electron chi connectivity index (χ0n) is 11.8. The van der Waals surface area contributed by atoms with E-state index in [1.807, 2.05) is 36.7 Å². The highest BCUT2D eigenvalue weighted by Crippen LogP contribution is 2.11. The number of aryl methyl sites for hydroxylation is 3. The number of hydrogen-bond acceptors (Lipinski definition) is 3. The molecule has 20 heavy (non-hydrogen) atoms. The molecule has 0 bridgehead atoms. The summed E-state index contributed by atoms with van der Waals surface area (Å²) >= 11 is 0. The highest BCUT2D eigenvalue weighted by Gasteiger charge is 2.06. The minimum Gasteiger partial charge on any atom is -0.392 e. The number of nitrogens with zero attached hydrogens (tertiary/aromatic N) is 2. The predicted octanol–water partition coefficient (Wildman–Crippen LogP) is 2.02. The number of aliphatic hydroxyl groups excluding tert-OH is 1. The summed E-state index contributed by atoms with van der Waals surface area (Å²) in [5.74, 6) is -0.0624. The molecule has 1 heterocycles. The minimum absolute atomic E-state index is 0.0323. The van der Waals surface area contributed by atoms with Crippen LogP contribution in [0, 0.1) is 13.8 Å². The number of carbonyl (C=O) groups excluding carboxylic acids is 1. The van der Waals surface area contributed by atoms with Gasteiger partial charge in [-0.25, -0.2) is 0 Å². The van der Waals surface area contributed by atoms with Crippen LogP contribution in [0.1, 0.15) is 23.4 Å². The Balaban J connectivity index is 1.90. The van der Waals surface area contributed by atoms with E-state index in [1.165, 1.54) is 0 Å². The van der Waals surface area contributed by atoms with E-state index in [-0.39, 0.29) is 12.5 Å². The second kappa shape index (κ2) is 6.34. The highest BCUT2D eigenvalue weighted by atomic mass is 16.3. The second-order valence-electron chi connectivity index (χ2n) is 4.81. The quantitative estimate of drug-likeness (QED) is 0.875. The number of anilines is 1. The van der Waals surface area contributed by atoms with Crippen LogP contribution in [0.2, 0.25) is 0 Å². The molecule has 0 saturated carbocycles. The van der Waals surface area contributed by atoms with Crippen molar-refractivity contribution in [3.63, 3.8) is 0 Å². The zero-order valence-corrected chi connectivity index (χ0v) is 11.8. The van der Waals surface area contributed by atoms with E-state index in [2.05, 4.69) is 10.4 Å².